The second-order valence-electron chi connectivity index (χ2n) is 6.75. The molecular weight excluding hydrogens is 322 g/mol. The van der Waals surface area contributed by atoms with Crippen molar-refractivity contribution < 1.29 is 9.53 Å². The molecule has 0 saturated heterocycles. The van der Waals surface area contributed by atoms with Crippen LogP contribution in [0.2, 0.25) is 0 Å². The van der Waals surface area contributed by atoms with E-state index >= 15 is 0 Å². The number of ether oxygens (including phenoxy) is 1. The van der Waals surface area contributed by atoms with E-state index in [4.69, 9.17) is 10.00 Å². The molecule has 3 nitrogen and oxygen atoms in total. The van der Waals surface area contributed by atoms with Crippen LogP contribution in [0.3, 0.4) is 0 Å². The number of nitriles is 1. The molecule has 0 N–H and O–H groups in total. The molecule has 26 heavy (non-hydrogen) atoms. The lowest BCUT2D eigenvalue weighted by atomic mass is 9.86. The summed E-state index contributed by atoms with van der Waals surface area (Å²) < 4.78 is 5.54. The smallest absolute Gasteiger partial charge is 0.318 e. The van der Waals surface area contributed by atoms with Gasteiger partial charge in [-0.3, -0.25) is 4.79 Å². The van der Waals surface area contributed by atoms with Gasteiger partial charge in [-0.1, -0.05) is 49.8 Å². The van der Waals surface area contributed by atoms with Gasteiger partial charge in [0.05, 0.1) is 17.6 Å². The molecule has 132 valence electrons. The summed E-state index contributed by atoms with van der Waals surface area (Å²) in [6, 6.07) is 17.0. The zero-order valence-electron chi connectivity index (χ0n) is 15.0. The van der Waals surface area contributed by atoms with Crippen molar-refractivity contribution in [2.24, 2.45) is 11.8 Å². The van der Waals surface area contributed by atoms with Crippen LogP contribution in [0.5, 0.6) is 5.75 Å². The van der Waals surface area contributed by atoms with E-state index in [1.54, 1.807) is 12.1 Å². The van der Waals surface area contributed by atoms with Crippen LogP contribution in [-0.2, 0) is 4.79 Å². The average Bonchev–Trinajstić information content (AvgIpc) is 2.69. The zero-order valence-corrected chi connectivity index (χ0v) is 15.0. The van der Waals surface area contributed by atoms with Crippen molar-refractivity contribution in [3.05, 3.63) is 66.2 Å². The number of hydrogen-bond donors (Lipinski definition) is 0. The minimum Gasteiger partial charge on any atom is -0.426 e. The summed E-state index contributed by atoms with van der Waals surface area (Å²) in [6.45, 7) is 2.19. The van der Waals surface area contributed by atoms with E-state index in [-0.39, 0.29) is 11.9 Å². The molecule has 1 aliphatic rings. The topological polar surface area (TPSA) is 50.1 Å². The first-order valence-corrected chi connectivity index (χ1v) is 9.20. The highest BCUT2D eigenvalue weighted by Crippen LogP contribution is 2.28. The monoisotopic (exact) mass is 345 g/mol. The van der Waals surface area contributed by atoms with Gasteiger partial charge in [-0.2, -0.15) is 5.26 Å². The second kappa shape index (κ2) is 8.49. The van der Waals surface area contributed by atoms with Crippen LogP contribution in [-0.4, -0.2) is 5.97 Å². The maximum atomic E-state index is 12.4. The van der Waals surface area contributed by atoms with Crippen molar-refractivity contribution in [2.75, 3.05) is 0 Å². The summed E-state index contributed by atoms with van der Waals surface area (Å²) in [4.78, 5) is 12.4. The van der Waals surface area contributed by atoms with E-state index in [0.29, 0.717) is 17.2 Å². The molecule has 0 saturated carbocycles. The van der Waals surface area contributed by atoms with Gasteiger partial charge in [-0.05, 0) is 60.6 Å². The molecule has 2 aromatic rings. The van der Waals surface area contributed by atoms with Gasteiger partial charge in [-0.15, -0.1) is 0 Å². The number of hydrogen-bond acceptors (Lipinski definition) is 3. The molecule has 0 amide bonds. The largest absolute Gasteiger partial charge is 0.426 e. The Morgan fingerprint density at radius 1 is 1.04 bits per heavy atom. The van der Waals surface area contributed by atoms with Crippen molar-refractivity contribution in [3.8, 4) is 22.9 Å². The van der Waals surface area contributed by atoms with Gasteiger partial charge in [0.15, 0.2) is 0 Å². The Kier molecular flexibility index (Phi) is 5.86. The fourth-order valence-electron chi connectivity index (χ4n) is 3.33. The van der Waals surface area contributed by atoms with Crippen LogP contribution >= 0.6 is 0 Å². The number of benzene rings is 2. The van der Waals surface area contributed by atoms with Gasteiger partial charge in [0.1, 0.15) is 5.75 Å². The van der Waals surface area contributed by atoms with E-state index in [1.807, 2.05) is 42.5 Å². The minimum absolute atomic E-state index is 0.138. The molecule has 1 aliphatic carbocycles. The summed E-state index contributed by atoms with van der Waals surface area (Å²) in [5.41, 5.74) is 2.69. The second-order valence-corrected chi connectivity index (χ2v) is 6.75. The standard InChI is InChI=1S/C23H23NO2/c1-2-3-17-4-10-21(11-5-17)23(25)26-22-14-12-20(13-15-22)19-8-6-18(16-24)7-9-19/h4,6-10,12-15,17,21H,2-3,5,11H2,1H3. The summed E-state index contributed by atoms with van der Waals surface area (Å²) in [7, 11) is 0. The van der Waals surface area contributed by atoms with Crippen LogP contribution in [0.15, 0.2) is 60.7 Å². The number of nitrogens with zero attached hydrogens (tertiary/aromatic N) is 1. The Morgan fingerprint density at radius 3 is 2.23 bits per heavy atom. The fraction of sp³-hybridized carbons (Fsp3) is 0.304. The number of esters is 1. The lowest BCUT2D eigenvalue weighted by Gasteiger charge is -2.21. The summed E-state index contributed by atoms with van der Waals surface area (Å²) >= 11 is 0. The molecule has 0 spiro atoms. The van der Waals surface area contributed by atoms with Crippen LogP contribution in [0.4, 0.5) is 0 Å². The number of carbonyl (C=O) groups excluding carboxylic acids is 1. The molecule has 3 rings (SSSR count). The van der Waals surface area contributed by atoms with Crippen molar-refractivity contribution in [1.82, 2.24) is 0 Å². The molecule has 2 aromatic carbocycles. The molecule has 0 radical (unpaired) electrons. The highest BCUT2D eigenvalue weighted by atomic mass is 16.5. The average molecular weight is 345 g/mol. The molecule has 2 unspecified atom stereocenters. The summed E-state index contributed by atoms with van der Waals surface area (Å²) in [6.07, 6.45) is 8.47. The van der Waals surface area contributed by atoms with Gasteiger partial charge in [0.2, 0.25) is 0 Å². The van der Waals surface area contributed by atoms with E-state index in [1.165, 1.54) is 12.8 Å². The zero-order chi connectivity index (χ0) is 18.4. The van der Waals surface area contributed by atoms with Gasteiger partial charge in [-0.25, -0.2) is 0 Å². The normalized spacial score (nSPS) is 18.9. The molecule has 3 heteroatoms. The van der Waals surface area contributed by atoms with Crippen molar-refractivity contribution in [2.45, 2.75) is 32.6 Å². The Morgan fingerprint density at radius 2 is 1.69 bits per heavy atom. The summed E-state index contributed by atoms with van der Waals surface area (Å²) in [5, 5.41) is 8.86. The molecule has 0 aromatic heterocycles. The first kappa shape index (κ1) is 17.9. The lowest BCUT2D eigenvalue weighted by molar-refractivity contribution is -0.137. The number of allylic oxidation sites excluding steroid dienone is 1. The van der Waals surface area contributed by atoms with Crippen molar-refractivity contribution in [1.29, 1.82) is 5.26 Å². The molecule has 0 fully saturated rings. The SMILES string of the molecule is CCCC1C=CC(C(=O)Oc2ccc(-c3ccc(C#N)cc3)cc2)CC1. The predicted molar refractivity (Wildman–Crippen MR) is 102 cm³/mol. The molecule has 0 aliphatic heterocycles. The lowest BCUT2D eigenvalue weighted by Crippen LogP contribution is -2.22. The fourth-order valence-corrected chi connectivity index (χ4v) is 3.33. The molecular formula is C23H23NO2. The quantitative estimate of drug-likeness (QED) is 0.408. The number of rotatable bonds is 5. The maximum absolute atomic E-state index is 12.4. The van der Waals surface area contributed by atoms with E-state index < -0.39 is 0 Å². The van der Waals surface area contributed by atoms with Crippen molar-refractivity contribution >= 4 is 5.97 Å². The highest BCUT2D eigenvalue weighted by Gasteiger charge is 2.23. The van der Waals surface area contributed by atoms with Gasteiger partial charge < -0.3 is 4.74 Å². The van der Waals surface area contributed by atoms with Crippen LogP contribution in [0, 0.1) is 23.2 Å². The van der Waals surface area contributed by atoms with Crippen molar-refractivity contribution in [3.63, 3.8) is 0 Å². The molecule has 0 heterocycles. The first-order valence-electron chi connectivity index (χ1n) is 9.20. The van der Waals surface area contributed by atoms with Crippen LogP contribution in [0.25, 0.3) is 11.1 Å². The van der Waals surface area contributed by atoms with E-state index in [0.717, 1.165) is 24.0 Å². The van der Waals surface area contributed by atoms with Crippen LogP contribution < -0.4 is 4.74 Å². The maximum Gasteiger partial charge on any atom is 0.318 e. The van der Waals surface area contributed by atoms with Crippen LogP contribution in [0.1, 0.15) is 38.2 Å². The minimum atomic E-state index is -0.178. The first-order chi connectivity index (χ1) is 12.7. The molecule has 0 bridgehead atoms. The van der Waals surface area contributed by atoms with E-state index in [2.05, 4.69) is 19.1 Å². The molecule has 2 atom stereocenters. The third-order valence-corrected chi connectivity index (χ3v) is 4.85. The van der Waals surface area contributed by atoms with Gasteiger partial charge in [0.25, 0.3) is 0 Å². The Balaban J connectivity index is 1.61. The third-order valence-electron chi connectivity index (χ3n) is 4.85. The van der Waals surface area contributed by atoms with Gasteiger partial charge in [0, 0.05) is 0 Å². The predicted octanol–water partition coefficient (Wildman–Crippen LogP) is 5.51. The third kappa shape index (κ3) is 4.40. The Labute approximate surface area is 154 Å². The van der Waals surface area contributed by atoms with E-state index in [9.17, 15) is 4.79 Å². The highest BCUT2D eigenvalue weighted by molar-refractivity contribution is 5.77. The number of carbonyl (C=O) groups is 1. The van der Waals surface area contributed by atoms with Gasteiger partial charge >= 0.3 is 5.97 Å². The Hall–Kier alpha value is -2.86. The Bertz CT molecular complexity index is 813. The summed E-state index contributed by atoms with van der Waals surface area (Å²) in [5.74, 6) is 0.857.